The minimum atomic E-state index is -4.37. The fraction of sp³-hybridized carbons (Fsp3) is 0.321. The second kappa shape index (κ2) is 11.0. The fourth-order valence-corrected chi connectivity index (χ4v) is 4.83. The number of benzene rings is 3. The van der Waals surface area contributed by atoms with Crippen LogP contribution in [0.3, 0.4) is 0 Å². The largest absolute Gasteiger partial charge is 0.416 e. The van der Waals surface area contributed by atoms with Gasteiger partial charge < -0.3 is 15.0 Å². The maximum Gasteiger partial charge on any atom is 0.416 e. The number of urea groups is 1. The van der Waals surface area contributed by atoms with E-state index in [1.54, 1.807) is 7.05 Å². The zero-order valence-electron chi connectivity index (χ0n) is 19.5. The van der Waals surface area contributed by atoms with Gasteiger partial charge >= 0.3 is 12.2 Å². The van der Waals surface area contributed by atoms with Crippen molar-refractivity contribution in [3.8, 4) is 0 Å². The summed E-state index contributed by atoms with van der Waals surface area (Å²) in [6, 6.07) is 25.3. The average Bonchev–Trinajstić information content (AvgIpc) is 2.88. The first-order chi connectivity index (χ1) is 16.9. The van der Waals surface area contributed by atoms with Crippen molar-refractivity contribution >= 4 is 6.03 Å². The van der Waals surface area contributed by atoms with Gasteiger partial charge in [0.15, 0.2) is 0 Å². The van der Waals surface area contributed by atoms with E-state index in [-0.39, 0.29) is 30.6 Å². The van der Waals surface area contributed by atoms with Crippen LogP contribution in [-0.2, 0) is 17.5 Å². The fourth-order valence-electron chi connectivity index (χ4n) is 4.83. The summed E-state index contributed by atoms with van der Waals surface area (Å²) in [5, 5.41) is 2.72. The Kier molecular flexibility index (Phi) is 7.76. The van der Waals surface area contributed by atoms with Crippen LogP contribution in [0.5, 0.6) is 0 Å². The molecule has 1 N–H and O–H groups in total. The molecule has 0 saturated carbocycles. The predicted molar refractivity (Wildman–Crippen MR) is 129 cm³/mol. The number of piperidine rings is 1. The maximum atomic E-state index is 12.9. The molecular formula is C28H29F3N2O2. The molecule has 0 radical (unpaired) electrons. The van der Waals surface area contributed by atoms with E-state index in [2.05, 4.69) is 29.6 Å². The molecule has 1 fully saturated rings. The van der Waals surface area contributed by atoms with Crippen LogP contribution in [0.1, 0.15) is 34.6 Å². The van der Waals surface area contributed by atoms with E-state index in [1.807, 2.05) is 41.3 Å². The molecule has 1 aliphatic rings. The number of nitrogens with zero attached hydrogens (tertiary/aromatic N) is 1. The first-order valence-corrected chi connectivity index (χ1v) is 11.7. The zero-order valence-corrected chi connectivity index (χ0v) is 19.5. The van der Waals surface area contributed by atoms with Gasteiger partial charge in [0.2, 0.25) is 0 Å². The van der Waals surface area contributed by atoms with Crippen molar-refractivity contribution in [2.75, 3.05) is 20.1 Å². The van der Waals surface area contributed by atoms with E-state index in [9.17, 15) is 18.0 Å². The third-order valence-electron chi connectivity index (χ3n) is 6.58. The maximum absolute atomic E-state index is 12.9. The second-order valence-electron chi connectivity index (χ2n) is 8.80. The van der Waals surface area contributed by atoms with Crippen LogP contribution in [0.15, 0.2) is 84.9 Å². The second-order valence-corrected chi connectivity index (χ2v) is 8.80. The van der Waals surface area contributed by atoms with E-state index < -0.39 is 11.7 Å². The molecule has 2 atom stereocenters. The zero-order chi connectivity index (χ0) is 24.8. The summed E-state index contributed by atoms with van der Waals surface area (Å²) in [4.78, 5) is 14.3. The lowest BCUT2D eigenvalue weighted by Gasteiger charge is -2.42. The van der Waals surface area contributed by atoms with Gasteiger partial charge in [0.1, 0.15) is 0 Å². The molecule has 0 aliphatic carbocycles. The molecule has 1 heterocycles. The molecule has 1 saturated heterocycles. The number of amides is 2. The Morgan fingerprint density at radius 3 is 2.06 bits per heavy atom. The monoisotopic (exact) mass is 482 g/mol. The lowest BCUT2D eigenvalue weighted by molar-refractivity contribution is -0.137. The standard InChI is InChI=1S/C28H29F3N2O2/c1-32-27(34)33-17-16-25(35-19-20-12-14-23(15-13-20)28(29,30)31)24(18-33)26(21-8-4-2-5-9-21)22-10-6-3-7-11-22/h2-15,24-26H,16-19H2,1H3,(H,32,34)/t24-,25+/m0/s1. The third-order valence-corrected chi connectivity index (χ3v) is 6.58. The highest BCUT2D eigenvalue weighted by Gasteiger charge is 2.38. The van der Waals surface area contributed by atoms with Gasteiger partial charge in [0.05, 0.1) is 18.3 Å². The Morgan fingerprint density at radius 1 is 0.971 bits per heavy atom. The molecule has 0 aromatic heterocycles. The van der Waals surface area contributed by atoms with Gasteiger partial charge in [0.25, 0.3) is 0 Å². The molecule has 4 nitrogen and oxygen atoms in total. The van der Waals surface area contributed by atoms with Gasteiger partial charge in [-0.05, 0) is 35.2 Å². The molecule has 7 heteroatoms. The highest BCUT2D eigenvalue weighted by molar-refractivity contribution is 5.74. The number of nitrogens with one attached hydrogen (secondary N) is 1. The first kappa shape index (κ1) is 24.8. The lowest BCUT2D eigenvalue weighted by Crippen LogP contribution is -2.51. The molecular weight excluding hydrogens is 453 g/mol. The van der Waals surface area contributed by atoms with Crippen molar-refractivity contribution in [1.29, 1.82) is 0 Å². The summed E-state index contributed by atoms with van der Waals surface area (Å²) in [7, 11) is 1.62. The molecule has 4 rings (SSSR count). The van der Waals surface area contributed by atoms with Crippen molar-refractivity contribution in [3.05, 3.63) is 107 Å². The van der Waals surface area contributed by atoms with Crippen molar-refractivity contribution in [2.45, 2.75) is 31.2 Å². The van der Waals surface area contributed by atoms with Gasteiger partial charge in [-0.15, -0.1) is 0 Å². The Balaban J connectivity index is 1.61. The third kappa shape index (κ3) is 6.03. The molecule has 1 aliphatic heterocycles. The molecule has 3 aromatic carbocycles. The van der Waals surface area contributed by atoms with Crippen molar-refractivity contribution in [1.82, 2.24) is 10.2 Å². The molecule has 0 bridgehead atoms. The Morgan fingerprint density at radius 2 is 1.54 bits per heavy atom. The molecule has 0 spiro atoms. The topological polar surface area (TPSA) is 41.6 Å². The van der Waals surface area contributed by atoms with Crippen molar-refractivity contribution in [2.24, 2.45) is 5.92 Å². The first-order valence-electron chi connectivity index (χ1n) is 11.7. The molecule has 0 unspecified atom stereocenters. The Bertz CT molecular complexity index is 1050. The van der Waals surface area contributed by atoms with E-state index in [1.165, 1.54) is 12.1 Å². The van der Waals surface area contributed by atoms with Gasteiger partial charge in [0, 0.05) is 32.0 Å². The van der Waals surface area contributed by atoms with Crippen LogP contribution < -0.4 is 5.32 Å². The Hall–Kier alpha value is -3.32. The van der Waals surface area contributed by atoms with Gasteiger partial charge in [-0.3, -0.25) is 0 Å². The summed E-state index contributed by atoms with van der Waals surface area (Å²) in [6.07, 6.45) is -3.91. The van der Waals surface area contributed by atoms with E-state index in [0.29, 0.717) is 25.1 Å². The number of rotatable bonds is 6. The van der Waals surface area contributed by atoms with Crippen molar-refractivity contribution < 1.29 is 22.7 Å². The number of carbonyl (C=O) groups excluding carboxylic acids is 1. The summed E-state index contributed by atoms with van der Waals surface area (Å²) in [5.74, 6) is -0.0530. The van der Waals surface area contributed by atoms with Crippen LogP contribution in [0.4, 0.5) is 18.0 Å². The minimum Gasteiger partial charge on any atom is -0.373 e. The van der Waals surface area contributed by atoms with Gasteiger partial charge in [-0.1, -0.05) is 72.8 Å². The highest BCUT2D eigenvalue weighted by Crippen LogP contribution is 2.39. The Labute approximate surface area is 203 Å². The van der Waals surface area contributed by atoms with Crippen LogP contribution >= 0.6 is 0 Å². The number of carbonyl (C=O) groups is 1. The van der Waals surface area contributed by atoms with E-state index in [0.717, 1.165) is 23.3 Å². The lowest BCUT2D eigenvalue weighted by atomic mass is 9.75. The smallest absolute Gasteiger partial charge is 0.373 e. The normalized spacial score (nSPS) is 18.5. The summed E-state index contributed by atoms with van der Waals surface area (Å²) < 4.78 is 45.1. The van der Waals surface area contributed by atoms with E-state index in [4.69, 9.17) is 4.74 Å². The number of likely N-dealkylation sites (tertiary alicyclic amines) is 1. The van der Waals surface area contributed by atoms with Crippen LogP contribution in [0, 0.1) is 5.92 Å². The average molecular weight is 483 g/mol. The number of hydrogen-bond acceptors (Lipinski definition) is 2. The van der Waals surface area contributed by atoms with Crippen LogP contribution in [0.25, 0.3) is 0 Å². The minimum absolute atomic E-state index is 0.0116. The quantitative estimate of drug-likeness (QED) is 0.462. The number of ether oxygens (including phenoxy) is 1. The molecule has 3 aromatic rings. The summed E-state index contributed by atoms with van der Waals surface area (Å²) in [5.41, 5.74) is 2.27. The van der Waals surface area contributed by atoms with Crippen LogP contribution in [-0.4, -0.2) is 37.2 Å². The van der Waals surface area contributed by atoms with Gasteiger partial charge in [-0.25, -0.2) is 4.79 Å². The molecule has 184 valence electrons. The highest BCUT2D eigenvalue weighted by atomic mass is 19.4. The summed E-state index contributed by atoms with van der Waals surface area (Å²) in [6.45, 7) is 1.26. The van der Waals surface area contributed by atoms with E-state index >= 15 is 0 Å². The number of halogens is 3. The molecule has 35 heavy (non-hydrogen) atoms. The van der Waals surface area contributed by atoms with Crippen molar-refractivity contribution in [3.63, 3.8) is 0 Å². The van der Waals surface area contributed by atoms with Gasteiger partial charge in [-0.2, -0.15) is 13.2 Å². The number of alkyl halides is 3. The number of hydrogen-bond donors (Lipinski definition) is 1. The van der Waals surface area contributed by atoms with Crippen LogP contribution in [0.2, 0.25) is 0 Å². The SMILES string of the molecule is CNC(=O)N1CC[C@@H](OCc2ccc(C(F)(F)F)cc2)[C@@H](C(c2ccccc2)c2ccccc2)C1. The molecule has 2 amide bonds. The predicted octanol–water partition coefficient (Wildman–Crippen LogP) is 6.08. The summed E-state index contributed by atoms with van der Waals surface area (Å²) >= 11 is 0.